The van der Waals surface area contributed by atoms with Crippen molar-refractivity contribution in [3.63, 3.8) is 0 Å². The van der Waals surface area contributed by atoms with Crippen molar-refractivity contribution >= 4 is 17.3 Å². The monoisotopic (exact) mass is 291 g/mol. The average molecular weight is 291 g/mol. The normalized spacial score (nSPS) is 16.6. The molecule has 6 nitrogen and oxygen atoms in total. The van der Waals surface area contributed by atoms with Gasteiger partial charge in [-0.15, -0.1) is 0 Å². The molecule has 0 bridgehead atoms. The summed E-state index contributed by atoms with van der Waals surface area (Å²) in [6.07, 6.45) is 5.66. The fraction of sp³-hybridized carbons (Fsp3) is 0.533. The Labute approximate surface area is 123 Å². The lowest BCUT2D eigenvalue weighted by Gasteiger charge is -2.27. The molecule has 21 heavy (non-hydrogen) atoms. The van der Waals surface area contributed by atoms with E-state index in [4.69, 9.17) is 5.73 Å². The van der Waals surface area contributed by atoms with Crippen molar-refractivity contribution in [2.75, 3.05) is 12.3 Å². The van der Waals surface area contributed by atoms with Gasteiger partial charge in [-0.2, -0.15) is 0 Å². The van der Waals surface area contributed by atoms with Gasteiger partial charge in [-0.1, -0.05) is 19.8 Å². The fourth-order valence-corrected chi connectivity index (χ4v) is 3.00. The Morgan fingerprint density at radius 1 is 1.43 bits per heavy atom. The first-order chi connectivity index (χ1) is 9.97. The molecule has 0 atom stereocenters. The smallest absolute Gasteiger partial charge is 0.270 e. The maximum atomic E-state index is 12.2. The van der Waals surface area contributed by atoms with Crippen molar-refractivity contribution < 1.29 is 9.72 Å². The van der Waals surface area contributed by atoms with Gasteiger partial charge in [0.25, 0.3) is 11.6 Å². The van der Waals surface area contributed by atoms with E-state index < -0.39 is 4.92 Å². The Hall–Kier alpha value is -2.11. The molecular weight excluding hydrogens is 270 g/mol. The number of carbonyl (C=O) groups excluding carboxylic acids is 1. The average Bonchev–Trinajstić information content (AvgIpc) is 2.94. The second-order valence-corrected chi connectivity index (χ2v) is 5.77. The number of nitrogens with one attached hydrogen (secondary N) is 1. The number of hydrogen-bond donors (Lipinski definition) is 2. The van der Waals surface area contributed by atoms with Gasteiger partial charge in [-0.25, -0.2) is 0 Å². The molecule has 0 saturated heterocycles. The molecule has 2 rings (SSSR count). The van der Waals surface area contributed by atoms with Crippen LogP contribution in [0.4, 0.5) is 11.4 Å². The molecule has 1 saturated carbocycles. The maximum Gasteiger partial charge on any atom is 0.270 e. The Balaban J connectivity index is 2.09. The zero-order chi connectivity index (χ0) is 15.5. The Morgan fingerprint density at radius 3 is 2.67 bits per heavy atom. The van der Waals surface area contributed by atoms with Gasteiger partial charge in [-0.3, -0.25) is 14.9 Å². The summed E-state index contributed by atoms with van der Waals surface area (Å²) < 4.78 is 0. The largest absolute Gasteiger partial charge is 0.398 e. The van der Waals surface area contributed by atoms with Crippen LogP contribution in [0.5, 0.6) is 0 Å². The second kappa shape index (κ2) is 6.11. The topological polar surface area (TPSA) is 98.3 Å². The zero-order valence-corrected chi connectivity index (χ0v) is 12.2. The van der Waals surface area contributed by atoms with E-state index in [0.29, 0.717) is 6.54 Å². The number of nitro benzene ring substituents is 1. The molecule has 6 heteroatoms. The predicted octanol–water partition coefficient (Wildman–Crippen LogP) is 2.88. The number of rotatable bonds is 5. The Kier molecular flexibility index (Phi) is 4.45. The van der Waals surface area contributed by atoms with E-state index >= 15 is 0 Å². The molecular formula is C15H21N3O3. The molecule has 1 aliphatic carbocycles. The number of carbonyl (C=O) groups is 1. The minimum Gasteiger partial charge on any atom is -0.398 e. The molecule has 0 spiro atoms. The molecule has 0 aliphatic heterocycles. The number of hydrogen-bond acceptors (Lipinski definition) is 4. The van der Waals surface area contributed by atoms with Crippen molar-refractivity contribution in [2.24, 2.45) is 5.41 Å². The highest BCUT2D eigenvalue weighted by Gasteiger charge is 2.32. The lowest BCUT2D eigenvalue weighted by molar-refractivity contribution is -0.384. The van der Waals surface area contributed by atoms with Gasteiger partial charge in [0.05, 0.1) is 10.5 Å². The fourth-order valence-electron chi connectivity index (χ4n) is 3.00. The molecule has 1 fully saturated rings. The van der Waals surface area contributed by atoms with E-state index in [1.54, 1.807) is 0 Å². The summed E-state index contributed by atoms with van der Waals surface area (Å²) in [6, 6.07) is 3.94. The number of benzene rings is 1. The number of amides is 1. The van der Waals surface area contributed by atoms with Crippen molar-refractivity contribution in [1.82, 2.24) is 5.32 Å². The summed E-state index contributed by atoms with van der Waals surface area (Å²) in [5.74, 6) is -0.337. The summed E-state index contributed by atoms with van der Waals surface area (Å²) >= 11 is 0. The van der Waals surface area contributed by atoms with Gasteiger partial charge in [0.1, 0.15) is 0 Å². The van der Waals surface area contributed by atoms with Gasteiger partial charge in [-0.05, 0) is 30.7 Å². The first kappa shape index (κ1) is 15.3. The third-order valence-corrected chi connectivity index (χ3v) is 4.53. The third-order valence-electron chi connectivity index (χ3n) is 4.53. The second-order valence-electron chi connectivity index (χ2n) is 5.77. The van der Waals surface area contributed by atoms with Gasteiger partial charge in [0.15, 0.2) is 0 Å². The van der Waals surface area contributed by atoms with Gasteiger partial charge in [0.2, 0.25) is 0 Å². The van der Waals surface area contributed by atoms with Crippen LogP contribution in [0.3, 0.4) is 0 Å². The van der Waals surface area contributed by atoms with Gasteiger partial charge >= 0.3 is 0 Å². The first-order valence-electron chi connectivity index (χ1n) is 7.29. The predicted molar refractivity (Wildman–Crippen MR) is 81.0 cm³/mol. The van der Waals surface area contributed by atoms with Crippen LogP contribution in [0.25, 0.3) is 0 Å². The molecule has 114 valence electrons. The quantitative estimate of drug-likeness (QED) is 0.495. The van der Waals surface area contributed by atoms with E-state index in [2.05, 4.69) is 12.2 Å². The standard InChI is InChI=1S/C15H21N3O3/c1-2-15(7-3-4-8-15)10-17-14(19)12-9-11(18(20)21)5-6-13(12)16/h5-6,9H,2-4,7-8,10,16H2,1H3,(H,17,19). The van der Waals surface area contributed by atoms with E-state index in [0.717, 1.165) is 19.3 Å². The SMILES string of the molecule is CCC1(CNC(=O)c2cc([N+](=O)[O-])ccc2N)CCCC1. The Bertz CT molecular complexity index is 551. The molecule has 3 N–H and O–H groups in total. The zero-order valence-electron chi connectivity index (χ0n) is 12.2. The van der Waals surface area contributed by atoms with Crippen molar-refractivity contribution in [3.05, 3.63) is 33.9 Å². The van der Waals surface area contributed by atoms with Crippen molar-refractivity contribution in [3.8, 4) is 0 Å². The first-order valence-corrected chi connectivity index (χ1v) is 7.29. The summed E-state index contributed by atoms with van der Waals surface area (Å²) in [5, 5.41) is 13.7. The van der Waals surface area contributed by atoms with E-state index in [9.17, 15) is 14.9 Å². The number of non-ortho nitro benzene ring substituents is 1. The molecule has 0 aromatic heterocycles. The highest BCUT2D eigenvalue weighted by atomic mass is 16.6. The molecule has 1 aromatic rings. The minimum absolute atomic E-state index is 0.125. The summed E-state index contributed by atoms with van der Waals surface area (Å²) in [6.45, 7) is 2.74. The molecule has 1 aromatic carbocycles. The lowest BCUT2D eigenvalue weighted by Crippen LogP contribution is -2.35. The summed E-state index contributed by atoms with van der Waals surface area (Å²) in [7, 11) is 0. The van der Waals surface area contributed by atoms with Gasteiger partial charge in [0, 0.05) is 24.4 Å². The van der Waals surface area contributed by atoms with Crippen LogP contribution in [-0.4, -0.2) is 17.4 Å². The van der Waals surface area contributed by atoms with Gasteiger partial charge < -0.3 is 11.1 Å². The Morgan fingerprint density at radius 2 is 2.10 bits per heavy atom. The van der Waals surface area contributed by atoms with E-state index in [-0.39, 0.29) is 28.3 Å². The van der Waals surface area contributed by atoms with Crippen LogP contribution in [-0.2, 0) is 0 Å². The number of anilines is 1. The molecule has 0 heterocycles. The van der Waals surface area contributed by atoms with Crippen LogP contribution >= 0.6 is 0 Å². The van der Waals surface area contributed by atoms with Crippen LogP contribution < -0.4 is 11.1 Å². The van der Waals surface area contributed by atoms with Crippen molar-refractivity contribution in [2.45, 2.75) is 39.0 Å². The highest BCUT2D eigenvalue weighted by molar-refractivity contribution is 5.99. The number of nitro groups is 1. The molecule has 0 unspecified atom stereocenters. The minimum atomic E-state index is -0.527. The van der Waals surface area contributed by atoms with Crippen LogP contribution in [0.1, 0.15) is 49.4 Å². The maximum absolute atomic E-state index is 12.2. The molecule has 1 aliphatic rings. The molecule has 1 amide bonds. The van der Waals surface area contributed by atoms with E-state index in [1.165, 1.54) is 31.0 Å². The van der Waals surface area contributed by atoms with Crippen LogP contribution in [0.2, 0.25) is 0 Å². The number of nitrogens with two attached hydrogens (primary N) is 1. The highest BCUT2D eigenvalue weighted by Crippen LogP contribution is 2.40. The summed E-state index contributed by atoms with van der Waals surface area (Å²) in [5.41, 5.74) is 6.24. The van der Waals surface area contributed by atoms with Crippen molar-refractivity contribution in [1.29, 1.82) is 0 Å². The number of nitrogens with zero attached hydrogens (tertiary/aromatic N) is 1. The summed E-state index contributed by atoms with van der Waals surface area (Å²) in [4.78, 5) is 22.5. The lowest BCUT2D eigenvalue weighted by atomic mass is 9.83. The number of nitrogen functional groups attached to an aromatic ring is 1. The molecule has 0 radical (unpaired) electrons. The van der Waals surface area contributed by atoms with Crippen LogP contribution in [0, 0.1) is 15.5 Å². The third kappa shape index (κ3) is 3.32. The van der Waals surface area contributed by atoms with Crippen LogP contribution in [0.15, 0.2) is 18.2 Å². The van der Waals surface area contributed by atoms with E-state index in [1.807, 2.05) is 0 Å².